The fourth-order valence-corrected chi connectivity index (χ4v) is 3.69. The molecule has 24 heavy (non-hydrogen) atoms. The minimum absolute atomic E-state index is 0.0483. The lowest BCUT2D eigenvalue weighted by Crippen LogP contribution is -2.40. The molecule has 1 aromatic rings. The van der Waals surface area contributed by atoms with Gasteiger partial charge < -0.3 is 15.0 Å². The van der Waals surface area contributed by atoms with Crippen LogP contribution >= 0.6 is 0 Å². The number of hydrogen-bond donors (Lipinski definition) is 2. The molecule has 0 aliphatic rings. The van der Waals surface area contributed by atoms with Crippen LogP contribution in [0.1, 0.15) is 31.1 Å². The second-order valence-corrected chi connectivity index (χ2v) is 8.20. The van der Waals surface area contributed by atoms with E-state index in [-0.39, 0.29) is 16.6 Å². The molecule has 0 aliphatic carbocycles. The molecule has 0 bridgehead atoms. The number of sulfonamides is 1. The lowest BCUT2D eigenvalue weighted by molar-refractivity contribution is 0.0796. The molecule has 0 saturated heterocycles. The lowest BCUT2D eigenvalue weighted by Gasteiger charge is -2.22. The Hall–Kier alpha value is -1.64. The summed E-state index contributed by atoms with van der Waals surface area (Å²) in [5, 5.41) is 2.96. The lowest BCUT2D eigenvalue weighted by atomic mass is 10.1. The van der Waals surface area contributed by atoms with Crippen molar-refractivity contribution in [1.29, 1.82) is 0 Å². The molecule has 0 fully saturated rings. The van der Waals surface area contributed by atoms with Crippen LogP contribution in [0, 0.1) is 0 Å². The van der Waals surface area contributed by atoms with Crippen LogP contribution in [0.3, 0.4) is 0 Å². The van der Waals surface area contributed by atoms with Crippen LogP contribution in [0.25, 0.3) is 0 Å². The molecule has 2 N–H and O–H groups in total. The summed E-state index contributed by atoms with van der Waals surface area (Å²) in [6.45, 7) is 6.41. The quantitative estimate of drug-likeness (QED) is 0.762. The van der Waals surface area contributed by atoms with Gasteiger partial charge in [0.2, 0.25) is 10.0 Å². The summed E-state index contributed by atoms with van der Waals surface area (Å²) in [4.78, 5) is 13.9. The third-order valence-corrected chi connectivity index (χ3v) is 4.96. The van der Waals surface area contributed by atoms with E-state index in [9.17, 15) is 13.2 Å². The first-order valence-electron chi connectivity index (χ1n) is 7.64. The van der Waals surface area contributed by atoms with E-state index >= 15 is 0 Å². The first kappa shape index (κ1) is 20.4. The molecule has 0 saturated carbocycles. The zero-order valence-corrected chi connectivity index (χ0v) is 16.0. The molecule has 0 aromatic heterocycles. The fourth-order valence-electron chi connectivity index (χ4n) is 2.08. The maximum Gasteiger partial charge on any atom is 0.253 e. The van der Waals surface area contributed by atoms with E-state index in [4.69, 9.17) is 4.74 Å². The first-order chi connectivity index (χ1) is 11.0. The Kier molecular flexibility index (Phi) is 6.76. The van der Waals surface area contributed by atoms with Gasteiger partial charge in [0.15, 0.2) is 0 Å². The summed E-state index contributed by atoms with van der Waals surface area (Å²) in [6.07, 6.45) is 0. The van der Waals surface area contributed by atoms with Gasteiger partial charge in [0.25, 0.3) is 5.91 Å². The van der Waals surface area contributed by atoms with E-state index < -0.39 is 15.6 Å². The van der Waals surface area contributed by atoms with Crippen molar-refractivity contribution in [3.8, 4) is 5.75 Å². The monoisotopic (exact) mass is 357 g/mol. The maximum atomic E-state index is 12.6. The number of likely N-dealkylation sites (N-methyl/N-ethyl adjacent to an activating group) is 2. The Labute approximate surface area is 144 Å². The molecule has 1 rings (SSSR count). The van der Waals surface area contributed by atoms with Crippen molar-refractivity contribution in [3.05, 3.63) is 23.8 Å². The van der Waals surface area contributed by atoms with Crippen LogP contribution in [0.15, 0.2) is 23.1 Å². The van der Waals surface area contributed by atoms with Gasteiger partial charge in [-0.2, -0.15) is 0 Å². The van der Waals surface area contributed by atoms with Gasteiger partial charge in [0, 0.05) is 31.2 Å². The Morgan fingerprint density at radius 2 is 1.92 bits per heavy atom. The average molecular weight is 357 g/mol. The smallest absolute Gasteiger partial charge is 0.253 e. The first-order valence-corrected chi connectivity index (χ1v) is 9.12. The maximum absolute atomic E-state index is 12.6. The number of rotatable bonds is 7. The minimum Gasteiger partial charge on any atom is -0.495 e. The highest BCUT2D eigenvalue weighted by molar-refractivity contribution is 7.89. The Morgan fingerprint density at radius 3 is 2.42 bits per heavy atom. The van der Waals surface area contributed by atoms with E-state index in [0.717, 1.165) is 0 Å². The number of benzene rings is 1. The van der Waals surface area contributed by atoms with Crippen molar-refractivity contribution in [1.82, 2.24) is 14.9 Å². The summed E-state index contributed by atoms with van der Waals surface area (Å²) in [5.74, 6) is -0.0544. The SMILES string of the molecule is CNCCN(C)C(=O)c1ccc(OC)c(S(=O)(=O)NC(C)(C)C)c1. The van der Waals surface area contributed by atoms with Crippen LogP contribution in [-0.4, -0.2) is 59.1 Å². The van der Waals surface area contributed by atoms with E-state index in [1.54, 1.807) is 40.9 Å². The Bertz CT molecular complexity index is 681. The number of ether oxygens (including phenoxy) is 1. The molecule has 1 amide bonds. The van der Waals surface area contributed by atoms with E-state index in [2.05, 4.69) is 10.0 Å². The van der Waals surface area contributed by atoms with Crippen LogP contribution < -0.4 is 14.8 Å². The number of amides is 1. The van der Waals surface area contributed by atoms with Crippen LogP contribution in [0.2, 0.25) is 0 Å². The Morgan fingerprint density at radius 1 is 1.29 bits per heavy atom. The van der Waals surface area contributed by atoms with Crippen LogP contribution in [-0.2, 0) is 10.0 Å². The summed E-state index contributed by atoms with van der Waals surface area (Å²) in [6, 6.07) is 4.41. The molecule has 0 radical (unpaired) electrons. The van der Waals surface area contributed by atoms with Crippen LogP contribution in [0.5, 0.6) is 5.75 Å². The highest BCUT2D eigenvalue weighted by Crippen LogP contribution is 2.26. The number of nitrogens with zero attached hydrogens (tertiary/aromatic N) is 1. The van der Waals surface area contributed by atoms with Gasteiger partial charge in [0.05, 0.1) is 7.11 Å². The molecule has 7 nitrogen and oxygen atoms in total. The van der Waals surface area contributed by atoms with Gasteiger partial charge in [-0.15, -0.1) is 0 Å². The largest absolute Gasteiger partial charge is 0.495 e. The predicted octanol–water partition coefficient (Wildman–Crippen LogP) is 1.06. The van der Waals surface area contributed by atoms with E-state index in [1.165, 1.54) is 24.1 Å². The molecular formula is C16H27N3O4S. The van der Waals surface area contributed by atoms with Gasteiger partial charge in [0.1, 0.15) is 10.6 Å². The molecule has 8 heteroatoms. The number of hydrogen-bond acceptors (Lipinski definition) is 5. The zero-order valence-electron chi connectivity index (χ0n) is 15.1. The van der Waals surface area contributed by atoms with Gasteiger partial charge >= 0.3 is 0 Å². The molecule has 0 spiro atoms. The summed E-state index contributed by atoms with van der Waals surface area (Å²) < 4.78 is 33.0. The second-order valence-electron chi connectivity index (χ2n) is 6.55. The van der Waals surface area contributed by atoms with Gasteiger partial charge in [-0.3, -0.25) is 4.79 Å². The molecule has 1 aromatic carbocycles. The topological polar surface area (TPSA) is 87.7 Å². The third-order valence-electron chi connectivity index (χ3n) is 3.18. The number of carbonyl (C=O) groups excluding carboxylic acids is 1. The van der Waals surface area contributed by atoms with Crippen molar-refractivity contribution < 1.29 is 17.9 Å². The number of methoxy groups -OCH3 is 1. The molecule has 0 atom stereocenters. The van der Waals surface area contributed by atoms with E-state index in [0.29, 0.717) is 18.7 Å². The number of nitrogens with one attached hydrogen (secondary N) is 2. The average Bonchev–Trinajstić information content (AvgIpc) is 2.48. The molecule has 0 aliphatic heterocycles. The van der Waals surface area contributed by atoms with Crippen molar-refractivity contribution >= 4 is 15.9 Å². The highest BCUT2D eigenvalue weighted by Gasteiger charge is 2.26. The number of carbonyl (C=O) groups is 1. The highest BCUT2D eigenvalue weighted by atomic mass is 32.2. The molecule has 0 unspecified atom stereocenters. The third kappa shape index (κ3) is 5.47. The van der Waals surface area contributed by atoms with Crippen molar-refractivity contribution in [2.75, 3.05) is 34.3 Å². The van der Waals surface area contributed by atoms with Gasteiger partial charge in [-0.1, -0.05) is 0 Å². The van der Waals surface area contributed by atoms with Crippen LogP contribution in [0.4, 0.5) is 0 Å². The summed E-state index contributed by atoms with van der Waals surface area (Å²) >= 11 is 0. The minimum atomic E-state index is -3.82. The fraction of sp³-hybridized carbons (Fsp3) is 0.562. The van der Waals surface area contributed by atoms with Crippen molar-refractivity contribution in [2.45, 2.75) is 31.2 Å². The summed E-state index contributed by atoms with van der Waals surface area (Å²) in [7, 11) is 1.05. The van der Waals surface area contributed by atoms with Crippen molar-refractivity contribution in [3.63, 3.8) is 0 Å². The normalized spacial score (nSPS) is 12.1. The van der Waals surface area contributed by atoms with E-state index in [1.807, 2.05) is 0 Å². The van der Waals surface area contributed by atoms with Crippen molar-refractivity contribution in [2.24, 2.45) is 0 Å². The molecule has 136 valence electrons. The second kappa shape index (κ2) is 7.96. The predicted molar refractivity (Wildman–Crippen MR) is 94.0 cm³/mol. The summed E-state index contributed by atoms with van der Waals surface area (Å²) in [5.41, 5.74) is -0.350. The standard InChI is InChI=1S/C16H27N3O4S/c1-16(2,3)18-24(21,22)14-11-12(7-8-13(14)23-6)15(20)19(5)10-9-17-4/h7-8,11,17-18H,9-10H2,1-6H3. The zero-order chi connectivity index (χ0) is 18.5. The van der Waals surface area contributed by atoms with Gasteiger partial charge in [-0.25, -0.2) is 13.1 Å². The molecule has 0 heterocycles. The Balaban J connectivity index is 3.24. The van der Waals surface area contributed by atoms with Gasteiger partial charge in [-0.05, 0) is 46.0 Å². The molecular weight excluding hydrogens is 330 g/mol.